The van der Waals surface area contributed by atoms with Crippen molar-refractivity contribution in [3.05, 3.63) is 47.3 Å². The SMILES string of the molecule is Cc1cnc(OCc2ccc(C)o2)c(F)c1. The molecule has 84 valence electrons. The number of aromatic nitrogens is 1. The van der Waals surface area contributed by atoms with Crippen molar-refractivity contribution in [3.63, 3.8) is 0 Å². The number of aryl methyl sites for hydroxylation is 2. The summed E-state index contributed by atoms with van der Waals surface area (Å²) in [5.41, 5.74) is 0.763. The molecule has 2 heterocycles. The third-order valence-corrected chi connectivity index (χ3v) is 2.09. The zero-order valence-electron chi connectivity index (χ0n) is 9.16. The number of rotatable bonds is 3. The van der Waals surface area contributed by atoms with Crippen LogP contribution in [0.1, 0.15) is 17.1 Å². The molecule has 0 aliphatic carbocycles. The highest BCUT2D eigenvalue weighted by Crippen LogP contribution is 2.16. The van der Waals surface area contributed by atoms with Crippen LogP contribution in [0.25, 0.3) is 0 Å². The van der Waals surface area contributed by atoms with Crippen molar-refractivity contribution in [2.75, 3.05) is 0 Å². The minimum Gasteiger partial charge on any atom is -0.467 e. The Kier molecular flexibility index (Phi) is 2.90. The van der Waals surface area contributed by atoms with Gasteiger partial charge in [0.05, 0.1) is 0 Å². The van der Waals surface area contributed by atoms with E-state index >= 15 is 0 Å². The fourth-order valence-corrected chi connectivity index (χ4v) is 1.33. The number of halogens is 1. The van der Waals surface area contributed by atoms with Gasteiger partial charge >= 0.3 is 0 Å². The van der Waals surface area contributed by atoms with Crippen molar-refractivity contribution in [1.82, 2.24) is 4.98 Å². The van der Waals surface area contributed by atoms with Crippen LogP contribution in [0.3, 0.4) is 0 Å². The Morgan fingerprint density at radius 3 is 2.81 bits per heavy atom. The summed E-state index contributed by atoms with van der Waals surface area (Å²) < 4.78 is 23.8. The number of nitrogens with zero attached hydrogens (tertiary/aromatic N) is 1. The monoisotopic (exact) mass is 221 g/mol. The molecule has 0 saturated heterocycles. The van der Waals surface area contributed by atoms with Gasteiger partial charge in [-0.15, -0.1) is 0 Å². The van der Waals surface area contributed by atoms with Gasteiger partial charge in [0.1, 0.15) is 18.1 Å². The van der Waals surface area contributed by atoms with Gasteiger partial charge in [-0.3, -0.25) is 0 Å². The maximum absolute atomic E-state index is 13.3. The summed E-state index contributed by atoms with van der Waals surface area (Å²) in [5.74, 6) is 0.998. The lowest BCUT2D eigenvalue weighted by Crippen LogP contribution is -1.98. The van der Waals surface area contributed by atoms with Crippen LogP contribution in [0.2, 0.25) is 0 Å². The van der Waals surface area contributed by atoms with Crippen molar-refractivity contribution in [2.45, 2.75) is 20.5 Å². The van der Waals surface area contributed by atoms with E-state index in [2.05, 4.69) is 4.98 Å². The summed E-state index contributed by atoms with van der Waals surface area (Å²) in [5, 5.41) is 0. The molecule has 0 aromatic carbocycles. The van der Waals surface area contributed by atoms with E-state index in [1.165, 1.54) is 6.07 Å². The van der Waals surface area contributed by atoms with Crippen LogP contribution in [-0.4, -0.2) is 4.98 Å². The molecule has 0 atom stereocenters. The average Bonchev–Trinajstić information content (AvgIpc) is 2.63. The second-order valence-electron chi connectivity index (χ2n) is 3.60. The number of hydrogen-bond acceptors (Lipinski definition) is 3. The number of furan rings is 1. The van der Waals surface area contributed by atoms with Gasteiger partial charge in [0.25, 0.3) is 5.88 Å². The Bertz CT molecular complexity index is 494. The number of pyridine rings is 1. The van der Waals surface area contributed by atoms with E-state index < -0.39 is 5.82 Å². The maximum Gasteiger partial charge on any atom is 0.250 e. The van der Waals surface area contributed by atoms with Crippen LogP contribution >= 0.6 is 0 Å². The van der Waals surface area contributed by atoms with Crippen LogP contribution in [0.5, 0.6) is 5.88 Å². The predicted molar refractivity (Wildman–Crippen MR) is 56.7 cm³/mol. The lowest BCUT2D eigenvalue weighted by Gasteiger charge is -2.04. The van der Waals surface area contributed by atoms with Gasteiger partial charge in [-0.05, 0) is 37.6 Å². The smallest absolute Gasteiger partial charge is 0.250 e. The summed E-state index contributed by atoms with van der Waals surface area (Å²) in [4.78, 5) is 3.86. The van der Waals surface area contributed by atoms with Gasteiger partial charge in [0.15, 0.2) is 5.82 Å². The van der Waals surface area contributed by atoms with Crippen LogP contribution in [0.4, 0.5) is 4.39 Å². The molecular formula is C12H12FNO2. The van der Waals surface area contributed by atoms with Crippen molar-refractivity contribution in [2.24, 2.45) is 0 Å². The first-order chi connectivity index (χ1) is 7.65. The van der Waals surface area contributed by atoms with Crippen molar-refractivity contribution < 1.29 is 13.5 Å². The first kappa shape index (κ1) is 10.7. The zero-order chi connectivity index (χ0) is 11.5. The van der Waals surface area contributed by atoms with Gasteiger partial charge in [-0.25, -0.2) is 9.37 Å². The topological polar surface area (TPSA) is 35.3 Å². The molecule has 2 aromatic rings. The summed E-state index contributed by atoms with van der Waals surface area (Å²) >= 11 is 0. The second kappa shape index (κ2) is 4.35. The highest BCUT2D eigenvalue weighted by Gasteiger charge is 2.06. The van der Waals surface area contributed by atoms with E-state index in [1.807, 2.05) is 13.0 Å². The van der Waals surface area contributed by atoms with E-state index in [4.69, 9.17) is 9.15 Å². The Balaban J connectivity index is 2.04. The zero-order valence-corrected chi connectivity index (χ0v) is 9.16. The van der Waals surface area contributed by atoms with Crippen LogP contribution in [0, 0.1) is 19.7 Å². The van der Waals surface area contributed by atoms with Crippen molar-refractivity contribution in [1.29, 1.82) is 0 Å². The summed E-state index contributed by atoms with van der Waals surface area (Å²) in [7, 11) is 0. The molecule has 16 heavy (non-hydrogen) atoms. The Hall–Kier alpha value is -1.84. The molecule has 3 nitrogen and oxygen atoms in total. The van der Waals surface area contributed by atoms with Gasteiger partial charge in [-0.2, -0.15) is 0 Å². The molecule has 0 aliphatic heterocycles. The van der Waals surface area contributed by atoms with Gasteiger partial charge in [-0.1, -0.05) is 0 Å². The molecule has 2 rings (SSSR count). The molecule has 0 bridgehead atoms. The molecule has 0 fully saturated rings. The lowest BCUT2D eigenvalue weighted by atomic mass is 10.3. The third-order valence-electron chi connectivity index (χ3n) is 2.09. The number of ether oxygens (including phenoxy) is 1. The van der Waals surface area contributed by atoms with Crippen LogP contribution < -0.4 is 4.74 Å². The molecule has 4 heteroatoms. The average molecular weight is 221 g/mol. The molecule has 2 aromatic heterocycles. The largest absolute Gasteiger partial charge is 0.467 e. The first-order valence-corrected chi connectivity index (χ1v) is 4.95. The molecule has 0 radical (unpaired) electrons. The highest BCUT2D eigenvalue weighted by atomic mass is 19.1. The fraction of sp³-hybridized carbons (Fsp3) is 0.250. The van der Waals surface area contributed by atoms with E-state index in [9.17, 15) is 4.39 Å². The van der Waals surface area contributed by atoms with Crippen molar-refractivity contribution in [3.8, 4) is 5.88 Å². The normalized spacial score (nSPS) is 10.4. The minimum absolute atomic E-state index is 0.000321. The molecule has 0 unspecified atom stereocenters. The van der Waals surface area contributed by atoms with Crippen LogP contribution in [0.15, 0.2) is 28.8 Å². The minimum atomic E-state index is -0.455. The van der Waals surface area contributed by atoms with Gasteiger partial charge in [0.2, 0.25) is 0 Å². The number of hydrogen-bond donors (Lipinski definition) is 0. The Morgan fingerprint density at radius 2 is 2.19 bits per heavy atom. The van der Waals surface area contributed by atoms with Gasteiger partial charge < -0.3 is 9.15 Å². The highest BCUT2D eigenvalue weighted by molar-refractivity contribution is 5.19. The summed E-state index contributed by atoms with van der Waals surface area (Å²) in [6.45, 7) is 3.80. The fourth-order valence-electron chi connectivity index (χ4n) is 1.33. The quantitative estimate of drug-likeness (QED) is 0.799. The molecule has 0 spiro atoms. The third kappa shape index (κ3) is 2.39. The van der Waals surface area contributed by atoms with E-state index in [0.717, 1.165) is 11.3 Å². The molecule has 0 N–H and O–H groups in total. The van der Waals surface area contributed by atoms with Crippen LogP contribution in [-0.2, 0) is 6.61 Å². The van der Waals surface area contributed by atoms with E-state index in [0.29, 0.717) is 5.76 Å². The second-order valence-corrected chi connectivity index (χ2v) is 3.60. The van der Waals surface area contributed by atoms with Crippen molar-refractivity contribution >= 4 is 0 Å². The molecule has 0 saturated carbocycles. The lowest BCUT2D eigenvalue weighted by molar-refractivity contribution is 0.246. The maximum atomic E-state index is 13.3. The first-order valence-electron chi connectivity index (χ1n) is 4.95. The Morgan fingerprint density at radius 1 is 1.38 bits per heavy atom. The molecule has 0 amide bonds. The summed E-state index contributed by atoms with van der Waals surface area (Å²) in [6, 6.07) is 5.01. The van der Waals surface area contributed by atoms with E-state index in [1.54, 1.807) is 19.2 Å². The van der Waals surface area contributed by atoms with Gasteiger partial charge in [0, 0.05) is 6.20 Å². The molecule has 0 aliphatic rings. The van der Waals surface area contributed by atoms with E-state index in [-0.39, 0.29) is 12.5 Å². The Labute approximate surface area is 92.9 Å². The predicted octanol–water partition coefficient (Wildman–Crippen LogP) is 3.01. The summed E-state index contributed by atoms with van der Waals surface area (Å²) in [6.07, 6.45) is 1.56. The molecular weight excluding hydrogens is 209 g/mol. The standard InChI is InChI=1S/C12H12FNO2/c1-8-5-11(13)12(14-6-8)15-7-10-4-3-9(2)16-10/h3-6H,7H2,1-2H3.